The van der Waals surface area contributed by atoms with E-state index < -0.39 is 5.97 Å². The van der Waals surface area contributed by atoms with Crippen molar-refractivity contribution in [2.24, 2.45) is 0 Å². The Kier molecular flexibility index (Phi) is 4.06. The Labute approximate surface area is 101 Å². The van der Waals surface area contributed by atoms with E-state index in [1.165, 1.54) is 7.11 Å². The summed E-state index contributed by atoms with van der Waals surface area (Å²) >= 11 is 0. The Morgan fingerprint density at radius 1 is 1.29 bits per heavy atom. The average Bonchev–Trinajstić information content (AvgIpc) is 2.27. The molecular formula is C14H15NO2. The number of hydrogen-bond acceptors (Lipinski definition) is 3. The molecule has 0 saturated heterocycles. The van der Waals surface area contributed by atoms with Crippen LogP contribution in [0.4, 0.5) is 0 Å². The van der Waals surface area contributed by atoms with Crippen molar-refractivity contribution in [2.45, 2.75) is 20.8 Å². The Morgan fingerprint density at radius 2 is 1.82 bits per heavy atom. The van der Waals surface area contributed by atoms with E-state index in [-0.39, 0.29) is 5.57 Å². The highest BCUT2D eigenvalue weighted by Gasteiger charge is 2.10. The molecule has 1 aromatic rings. The molecule has 3 heteroatoms. The molecule has 17 heavy (non-hydrogen) atoms. The van der Waals surface area contributed by atoms with E-state index >= 15 is 0 Å². The van der Waals surface area contributed by atoms with Crippen LogP contribution in [0.15, 0.2) is 17.7 Å². The minimum absolute atomic E-state index is 0.0163. The lowest BCUT2D eigenvalue weighted by Crippen LogP contribution is -2.03. The zero-order valence-corrected chi connectivity index (χ0v) is 10.5. The third kappa shape index (κ3) is 2.94. The number of carbonyl (C=O) groups excluding carboxylic acids is 1. The quantitative estimate of drug-likeness (QED) is 0.445. The molecule has 1 aromatic carbocycles. The maximum atomic E-state index is 11.3. The fourth-order valence-electron chi connectivity index (χ4n) is 1.81. The monoisotopic (exact) mass is 229 g/mol. The van der Waals surface area contributed by atoms with Gasteiger partial charge in [-0.15, -0.1) is 0 Å². The molecule has 0 atom stereocenters. The predicted octanol–water partition coefficient (Wildman–Crippen LogP) is 2.69. The van der Waals surface area contributed by atoms with Gasteiger partial charge in [-0.2, -0.15) is 5.26 Å². The number of methoxy groups -OCH3 is 1. The van der Waals surface area contributed by atoms with Gasteiger partial charge in [-0.3, -0.25) is 0 Å². The third-order valence-electron chi connectivity index (χ3n) is 2.55. The maximum absolute atomic E-state index is 11.3. The summed E-state index contributed by atoms with van der Waals surface area (Å²) in [5, 5.41) is 8.91. The van der Waals surface area contributed by atoms with Crippen molar-refractivity contribution >= 4 is 12.0 Å². The Hall–Kier alpha value is -2.08. The third-order valence-corrected chi connectivity index (χ3v) is 2.55. The van der Waals surface area contributed by atoms with Gasteiger partial charge in [-0.1, -0.05) is 17.7 Å². The molecule has 0 fully saturated rings. The van der Waals surface area contributed by atoms with Crippen molar-refractivity contribution in [1.82, 2.24) is 0 Å². The molecule has 0 aliphatic carbocycles. The van der Waals surface area contributed by atoms with Crippen LogP contribution in [0.5, 0.6) is 0 Å². The minimum atomic E-state index is -0.605. The molecule has 88 valence electrons. The molecule has 0 amide bonds. The standard InChI is InChI=1S/C14H15NO2/c1-9-5-10(2)13(11(3)6-9)7-12(8-15)14(16)17-4/h5-7H,1-4H3/b12-7+. The van der Waals surface area contributed by atoms with Crippen molar-refractivity contribution in [3.05, 3.63) is 40.0 Å². The van der Waals surface area contributed by atoms with E-state index in [1.54, 1.807) is 6.08 Å². The minimum Gasteiger partial charge on any atom is -0.465 e. The lowest BCUT2D eigenvalue weighted by atomic mass is 9.98. The number of nitrogens with zero attached hydrogens (tertiary/aromatic N) is 1. The molecular weight excluding hydrogens is 214 g/mol. The molecule has 1 rings (SSSR count). The van der Waals surface area contributed by atoms with Crippen LogP contribution >= 0.6 is 0 Å². The van der Waals surface area contributed by atoms with Crippen LogP contribution in [0.2, 0.25) is 0 Å². The van der Waals surface area contributed by atoms with E-state index in [4.69, 9.17) is 5.26 Å². The molecule has 0 N–H and O–H groups in total. The number of rotatable bonds is 2. The van der Waals surface area contributed by atoms with Crippen molar-refractivity contribution in [3.8, 4) is 6.07 Å². The van der Waals surface area contributed by atoms with E-state index in [1.807, 2.05) is 39.0 Å². The SMILES string of the molecule is COC(=O)/C(C#N)=C/c1c(C)cc(C)cc1C. The Bertz CT molecular complexity index is 499. The van der Waals surface area contributed by atoms with Crippen LogP contribution in [-0.2, 0) is 9.53 Å². The van der Waals surface area contributed by atoms with Crippen molar-refractivity contribution in [1.29, 1.82) is 5.26 Å². The van der Waals surface area contributed by atoms with Crippen LogP contribution in [-0.4, -0.2) is 13.1 Å². The van der Waals surface area contributed by atoms with Crippen LogP contribution < -0.4 is 0 Å². The number of hydrogen-bond donors (Lipinski definition) is 0. The van der Waals surface area contributed by atoms with Gasteiger partial charge in [0, 0.05) is 0 Å². The summed E-state index contributed by atoms with van der Waals surface area (Å²) in [7, 11) is 1.27. The number of carbonyl (C=O) groups is 1. The number of ether oxygens (including phenoxy) is 1. The van der Waals surface area contributed by atoms with Gasteiger partial charge in [-0.05, 0) is 43.5 Å². The van der Waals surface area contributed by atoms with Gasteiger partial charge in [0.05, 0.1) is 7.11 Å². The molecule has 0 spiro atoms. The van der Waals surface area contributed by atoms with Crippen LogP contribution in [0.1, 0.15) is 22.3 Å². The van der Waals surface area contributed by atoms with Crippen LogP contribution in [0.3, 0.4) is 0 Å². The van der Waals surface area contributed by atoms with Crippen LogP contribution in [0, 0.1) is 32.1 Å². The number of nitriles is 1. The highest BCUT2D eigenvalue weighted by atomic mass is 16.5. The van der Waals surface area contributed by atoms with Crippen LogP contribution in [0.25, 0.3) is 6.08 Å². The van der Waals surface area contributed by atoms with E-state index in [9.17, 15) is 4.79 Å². The van der Waals surface area contributed by atoms with Gasteiger partial charge in [0.1, 0.15) is 11.6 Å². The lowest BCUT2D eigenvalue weighted by molar-refractivity contribution is -0.135. The highest BCUT2D eigenvalue weighted by Crippen LogP contribution is 2.19. The first kappa shape index (κ1) is 13.0. The number of esters is 1. The summed E-state index contributed by atoms with van der Waals surface area (Å²) in [6.45, 7) is 5.93. The Balaban J connectivity index is 3.31. The predicted molar refractivity (Wildman–Crippen MR) is 66.3 cm³/mol. The summed E-state index contributed by atoms with van der Waals surface area (Å²) in [6, 6.07) is 5.89. The van der Waals surface area contributed by atoms with Crippen molar-refractivity contribution < 1.29 is 9.53 Å². The molecule has 0 aliphatic rings. The van der Waals surface area contributed by atoms with Crippen molar-refractivity contribution in [3.63, 3.8) is 0 Å². The van der Waals surface area contributed by atoms with E-state index in [2.05, 4.69) is 4.74 Å². The highest BCUT2D eigenvalue weighted by molar-refractivity contribution is 5.98. The molecule has 0 bridgehead atoms. The summed E-state index contributed by atoms with van der Waals surface area (Å²) in [5.74, 6) is -0.605. The second-order valence-electron chi connectivity index (χ2n) is 3.97. The van der Waals surface area contributed by atoms with E-state index in [0.29, 0.717) is 0 Å². The summed E-state index contributed by atoms with van der Waals surface area (Å²) < 4.78 is 4.55. The maximum Gasteiger partial charge on any atom is 0.348 e. The largest absolute Gasteiger partial charge is 0.465 e. The summed E-state index contributed by atoms with van der Waals surface area (Å²) in [6.07, 6.45) is 1.58. The summed E-state index contributed by atoms with van der Waals surface area (Å²) in [4.78, 5) is 11.3. The molecule has 0 saturated carbocycles. The van der Waals surface area contributed by atoms with Gasteiger partial charge >= 0.3 is 5.97 Å². The average molecular weight is 229 g/mol. The zero-order chi connectivity index (χ0) is 13.0. The second kappa shape index (κ2) is 5.31. The van der Waals surface area contributed by atoms with Gasteiger partial charge in [0.25, 0.3) is 0 Å². The first-order valence-corrected chi connectivity index (χ1v) is 5.27. The molecule has 0 aromatic heterocycles. The summed E-state index contributed by atoms with van der Waals surface area (Å²) in [5.41, 5.74) is 4.16. The van der Waals surface area contributed by atoms with Gasteiger partial charge in [-0.25, -0.2) is 4.79 Å². The number of aryl methyl sites for hydroxylation is 3. The molecule has 3 nitrogen and oxygen atoms in total. The molecule has 0 aliphatic heterocycles. The van der Waals surface area contributed by atoms with Gasteiger partial charge < -0.3 is 4.74 Å². The lowest BCUT2D eigenvalue weighted by Gasteiger charge is -2.07. The second-order valence-corrected chi connectivity index (χ2v) is 3.97. The first-order valence-electron chi connectivity index (χ1n) is 5.27. The normalized spacial score (nSPS) is 10.9. The van der Waals surface area contributed by atoms with Gasteiger partial charge in [0.15, 0.2) is 0 Å². The topological polar surface area (TPSA) is 50.1 Å². The van der Waals surface area contributed by atoms with Crippen molar-refractivity contribution in [2.75, 3.05) is 7.11 Å². The van der Waals surface area contributed by atoms with E-state index in [0.717, 1.165) is 22.3 Å². The number of benzene rings is 1. The van der Waals surface area contributed by atoms with Gasteiger partial charge in [0.2, 0.25) is 0 Å². The zero-order valence-electron chi connectivity index (χ0n) is 10.5. The smallest absolute Gasteiger partial charge is 0.348 e. The molecule has 0 unspecified atom stereocenters. The first-order chi connectivity index (χ1) is 7.99. The fourth-order valence-corrected chi connectivity index (χ4v) is 1.81. The Morgan fingerprint density at radius 3 is 2.24 bits per heavy atom. The molecule has 0 heterocycles. The molecule has 0 radical (unpaired) electrons. The fraction of sp³-hybridized carbons (Fsp3) is 0.286.